The van der Waals surface area contributed by atoms with Crippen molar-refractivity contribution in [2.24, 2.45) is 11.3 Å². The van der Waals surface area contributed by atoms with Crippen molar-refractivity contribution in [1.82, 2.24) is 10.2 Å². The van der Waals surface area contributed by atoms with E-state index >= 15 is 0 Å². The maximum absolute atomic E-state index is 11.0. The van der Waals surface area contributed by atoms with Crippen molar-refractivity contribution in [3.63, 3.8) is 0 Å². The van der Waals surface area contributed by atoms with Gasteiger partial charge in [-0.15, -0.1) is 0 Å². The summed E-state index contributed by atoms with van der Waals surface area (Å²) in [6.45, 7) is 11.1. The highest BCUT2D eigenvalue weighted by Crippen LogP contribution is 2.44. The first-order chi connectivity index (χ1) is 9.99. The van der Waals surface area contributed by atoms with Crippen molar-refractivity contribution in [3.8, 4) is 0 Å². The number of hydrogen-bond acceptors (Lipinski definition) is 3. The molecule has 0 aromatic carbocycles. The van der Waals surface area contributed by atoms with Crippen molar-refractivity contribution in [2.45, 2.75) is 71.8 Å². The normalized spacial score (nSPS) is 23.8. The number of ketones is 1. The van der Waals surface area contributed by atoms with Gasteiger partial charge in [0.1, 0.15) is 5.78 Å². The third-order valence-electron chi connectivity index (χ3n) is 5.50. The molecule has 1 saturated carbocycles. The smallest absolute Gasteiger partial charge is 0.131 e. The van der Waals surface area contributed by atoms with Crippen LogP contribution in [0.4, 0.5) is 0 Å². The first-order valence-corrected chi connectivity index (χ1v) is 8.94. The molecule has 1 spiro atoms. The van der Waals surface area contributed by atoms with Crippen molar-refractivity contribution in [1.29, 1.82) is 0 Å². The van der Waals surface area contributed by atoms with E-state index in [2.05, 4.69) is 24.1 Å². The maximum atomic E-state index is 11.0. The van der Waals surface area contributed by atoms with Gasteiger partial charge in [-0.2, -0.15) is 0 Å². The molecule has 0 radical (unpaired) electrons. The first kappa shape index (κ1) is 17.0. The quantitative estimate of drug-likeness (QED) is 0.816. The monoisotopic (exact) mass is 294 g/mol. The Morgan fingerprint density at radius 3 is 2.33 bits per heavy atom. The molecule has 1 aliphatic carbocycles. The molecule has 3 nitrogen and oxygen atoms in total. The Balaban J connectivity index is 1.68. The highest BCUT2D eigenvalue weighted by atomic mass is 16.1. The molecule has 2 rings (SSSR count). The molecule has 1 N–H and O–H groups in total. The molecule has 1 saturated heterocycles. The Morgan fingerprint density at radius 2 is 1.81 bits per heavy atom. The van der Waals surface area contributed by atoms with E-state index in [-0.39, 0.29) is 0 Å². The summed E-state index contributed by atoms with van der Waals surface area (Å²) in [4.78, 5) is 13.6. The molecule has 0 amide bonds. The van der Waals surface area contributed by atoms with Crippen LogP contribution in [0.25, 0.3) is 0 Å². The zero-order valence-corrected chi connectivity index (χ0v) is 14.3. The standard InChI is InChI=1S/C18H34N2O/c1-15(2)14-20-12-9-18(10-13-20)7-4-17(5-8-18)19-11-6-16(3)21/h15,17,19H,4-14H2,1-3H3. The molecule has 1 heterocycles. The minimum absolute atomic E-state index is 0.298. The lowest BCUT2D eigenvalue weighted by atomic mass is 9.67. The van der Waals surface area contributed by atoms with E-state index in [4.69, 9.17) is 0 Å². The van der Waals surface area contributed by atoms with Crippen LogP contribution < -0.4 is 5.32 Å². The highest BCUT2D eigenvalue weighted by Gasteiger charge is 2.37. The number of hydrogen-bond donors (Lipinski definition) is 1. The van der Waals surface area contributed by atoms with Crippen LogP contribution in [0.15, 0.2) is 0 Å². The van der Waals surface area contributed by atoms with E-state index < -0.39 is 0 Å². The fraction of sp³-hybridized carbons (Fsp3) is 0.944. The lowest BCUT2D eigenvalue weighted by Gasteiger charge is -2.46. The predicted octanol–water partition coefficient (Wildman–Crippen LogP) is 3.24. The van der Waals surface area contributed by atoms with Crippen LogP contribution in [-0.4, -0.2) is 42.9 Å². The van der Waals surface area contributed by atoms with Crippen LogP contribution >= 0.6 is 0 Å². The summed E-state index contributed by atoms with van der Waals surface area (Å²) >= 11 is 0. The summed E-state index contributed by atoms with van der Waals surface area (Å²) in [7, 11) is 0. The van der Waals surface area contributed by atoms with Crippen LogP contribution in [0.5, 0.6) is 0 Å². The summed E-state index contributed by atoms with van der Waals surface area (Å²) in [5.74, 6) is 1.09. The Bertz CT molecular complexity index is 322. The van der Waals surface area contributed by atoms with E-state index in [1.165, 1.54) is 58.2 Å². The number of carbonyl (C=O) groups is 1. The number of carbonyl (C=O) groups excluding carboxylic acids is 1. The molecular weight excluding hydrogens is 260 g/mol. The molecule has 0 unspecified atom stereocenters. The van der Waals surface area contributed by atoms with Gasteiger partial charge in [0.25, 0.3) is 0 Å². The number of rotatable bonds is 6. The molecule has 0 bridgehead atoms. The molecular formula is C18H34N2O. The fourth-order valence-electron chi connectivity index (χ4n) is 4.11. The van der Waals surface area contributed by atoms with Crippen LogP contribution in [0, 0.1) is 11.3 Å². The molecule has 0 aromatic heterocycles. The van der Waals surface area contributed by atoms with Gasteiger partial charge >= 0.3 is 0 Å². The number of likely N-dealkylation sites (tertiary alicyclic amines) is 1. The Labute approximate surface area is 130 Å². The number of nitrogens with one attached hydrogen (secondary N) is 1. The Hall–Kier alpha value is -0.410. The summed E-state index contributed by atoms with van der Waals surface area (Å²) < 4.78 is 0. The predicted molar refractivity (Wildman–Crippen MR) is 88.5 cm³/mol. The van der Waals surface area contributed by atoms with Gasteiger partial charge in [0.2, 0.25) is 0 Å². The molecule has 0 aromatic rings. The van der Waals surface area contributed by atoms with Crippen molar-refractivity contribution < 1.29 is 4.79 Å². The van der Waals surface area contributed by atoms with Crippen LogP contribution in [0.1, 0.15) is 65.7 Å². The van der Waals surface area contributed by atoms with Gasteiger partial charge in [-0.3, -0.25) is 4.79 Å². The number of nitrogens with zero attached hydrogens (tertiary/aromatic N) is 1. The summed E-state index contributed by atoms with van der Waals surface area (Å²) in [6, 6.07) is 0.656. The van der Waals surface area contributed by atoms with Crippen LogP contribution in [0.3, 0.4) is 0 Å². The Morgan fingerprint density at radius 1 is 1.19 bits per heavy atom. The van der Waals surface area contributed by atoms with Gasteiger partial charge in [0.15, 0.2) is 0 Å². The average molecular weight is 294 g/mol. The van der Waals surface area contributed by atoms with E-state index in [0.717, 1.165) is 12.5 Å². The molecule has 21 heavy (non-hydrogen) atoms. The molecule has 2 fully saturated rings. The fourth-order valence-corrected chi connectivity index (χ4v) is 4.11. The molecule has 0 atom stereocenters. The molecule has 2 aliphatic rings. The van der Waals surface area contributed by atoms with E-state index in [1.54, 1.807) is 6.92 Å². The Kier molecular flexibility index (Phi) is 6.24. The molecule has 1 aliphatic heterocycles. The van der Waals surface area contributed by atoms with Crippen molar-refractivity contribution in [3.05, 3.63) is 0 Å². The highest BCUT2D eigenvalue weighted by molar-refractivity contribution is 5.75. The number of Topliss-reactive ketones (excluding diaryl/α,β-unsaturated/α-hetero) is 1. The summed E-state index contributed by atoms with van der Waals surface area (Å²) in [6.07, 6.45) is 8.89. The minimum atomic E-state index is 0.298. The zero-order chi connectivity index (χ0) is 15.3. The molecule has 122 valence electrons. The van der Waals surface area contributed by atoms with Gasteiger partial charge in [-0.25, -0.2) is 0 Å². The van der Waals surface area contributed by atoms with Crippen molar-refractivity contribution in [2.75, 3.05) is 26.2 Å². The lowest BCUT2D eigenvalue weighted by Crippen LogP contribution is -2.45. The number of piperidine rings is 1. The summed E-state index contributed by atoms with van der Waals surface area (Å²) in [5, 5.41) is 3.58. The van der Waals surface area contributed by atoms with Crippen LogP contribution in [0.2, 0.25) is 0 Å². The van der Waals surface area contributed by atoms with Gasteiger partial charge in [-0.1, -0.05) is 13.8 Å². The second-order valence-corrected chi connectivity index (χ2v) is 7.87. The van der Waals surface area contributed by atoms with E-state index in [9.17, 15) is 4.79 Å². The van der Waals surface area contributed by atoms with E-state index in [1.807, 2.05) is 0 Å². The third-order valence-corrected chi connectivity index (χ3v) is 5.50. The van der Waals surface area contributed by atoms with Gasteiger partial charge in [0.05, 0.1) is 0 Å². The maximum Gasteiger partial charge on any atom is 0.131 e. The van der Waals surface area contributed by atoms with Gasteiger partial charge in [-0.05, 0) is 69.9 Å². The van der Waals surface area contributed by atoms with Gasteiger partial charge in [0, 0.05) is 25.6 Å². The average Bonchev–Trinajstić information content (AvgIpc) is 2.43. The zero-order valence-electron chi connectivity index (χ0n) is 14.3. The largest absolute Gasteiger partial charge is 0.314 e. The van der Waals surface area contributed by atoms with Crippen molar-refractivity contribution >= 4 is 5.78 Å². The molecule has 3 heteroatoms. The second kappa shape index (κ2) is 7.73. The third kappa shape index (κ3) is 5.37. The van der Waals surface area contributed by atoms with E-state index in [0.29, 0.717) is 23.7 Å². The lowest BCUT2D eigenvalue weighted by molar-refractivity contribution is -0.116. The topological polar surface area (TPSA) is 32.3 Å². The van der Waals surface area contributed by atoms with Gasteiger partial charge < -0.3 is 10.2 Å². The second-order valence-electron chi connectivity index (χ2n) is 7.87. The van der Waals surface area contributed by atoms with Crippen LogP contribution in [-0.2, 0) is 4.79 Å². The minimum Gasteiger partial charge on any atom is -0.314 e. The summed E-state index contributed by atoms with van der Waals surface area (Å²) in [5.41, 5.74) is 0.645. The first-order valence-electron chi connectivity index (χ1n) is 8.94. The SMILES string of the molecule is CC(=O)CCNC1CCC2(CC1)CCN(CC(C)C)CC2.